The second kappa shape index (κ2) is 12.6. The fraction of sp³-hybridized carbons (Fsp3) is 0.115. The maximum atomic E-state index is 13.4. The van der Waals surface area contributed by atoms with Gasteiger partial charge in [-0.15, -0.1) is 5.11 Å². The van der Waals surface area contributed by atoms with Crippen LogP contribution >= 0.6 is 23.2 Å². The average molecular weight is 596 g/mol. The number of nitrogens with zero attached hydrogens (tertiary/aromatic N) is 2. The Bertz CT molecular complexity index is 1710. The molecular weight excluding hydrogens is 576 g/mol. The molecule has 4 aromatic carbocycles. The molecule has 0 heterocycles. The maximum Gasteiger partial charge on any atom is 1.00 e. The minimum atomic E-state index is -4.71. The SMILES string of the molecule is CCOc1ccc(Cl)c(NC(=O)c2cc3ccccc3c(N=Nc3ccc(Cl)c(C)c3S(=O)(=O)O)c2[O-])c1.[Na+]. The van der Waals surface area contributed by atoms with Crippen molar-refractivity contribution in [3.05, 3.63) is 81.8 Å². The molecule has 0 unspecified atom stereocenters. The number of benzene rings is 4. The van der Waals surface area contributed by atoms with E-state index in [2.05, 4.69) is 15.5 Å². The first-order chi connectivity index (χ1) is 18.0. The summed E-state index contributed by atoms with van der Waals surface area (Å²) in [4.78, 5) is 12.6. The number of amides is 1. The number of halogens is 2. The second-order valence-corrected chi connectivity index (χ2v) is 10.2. The molecule has 0 spiro atoms. The van der Waals surface area contributed by atoms with Gasteiger partial charge >= 0.3 is 29.6 Å². The first kappa shape index (κ1) is 30.8. The van der Waals surface area contributed by atoms with Crippen LogP contribution < -0.4 is 44.7 Å². The minimum Gasteiger partial charge on any atom is -0.870 e. The predicted molar refractivity (Wildman–Crippen MR) is 144 cm³/mol. The summed E-state index contributed by atoms with van der Waals surface area (Å²) < 4.78 is 39.1. The van der Waals surface area contributed by atoms with E-state index in [1.165, 1.54) is 31.2 Å². The summed E-state index contributed by atoms with van der Waals surface area (Å²) in [6.07, 6.45) is 0. The van der Waals surface area contributed by atoms with Gasteiger partial charge in [0.25, 0.3) is 16.0 Å². The van der Waals surface area contributed by atoms with Crippen molar-refractivity contribution < 1.29 is 57.2 Å². The average Bonchev–Trinajstić information content (AvgIpc) is 2.86. The van der Waals surface area contributed by atoms with Crippen LogP contribution in [-0.4, -0.2) is 25.5 Å². The Balaban J connectivity index is 0.00000420. The molecule has 0 fully saturated rings. The molecule has 13 heteroatoms. The molecule has 4 rings (SSSR count). The maximum absolute atomic E-state index is 13.4. The van der Waals surface area contributed by atoms with Gasteiger partial charge in [-0.3, -0.25) is 9.35 Å². The van der Waals surface area contributed by atoms with E-state index in [9.17, 15) is 22.9 Å². The van der Waals surface area contributed by atoms with Gasteiger partial charge in [0.2, 0.25) is 0 Å². The standard InChI is InChI=1S/C26H21Cl2N3O6S.Na/c1-3-37-16-8-9-20(28)22(13-16)29-26(33)18-12-15-6-4-5-7-17(15)23(24(18)32)31-30-21-11-10-19(27)14(2)25(21)38(34,35)36;/h4-13,32H,3H2,1-2H3,(H,29,33)(H,34,35,36);/q;+1/p-1. The molecule has 2 N–H and O–H groups in total. The Morgan fingerprint density at radius 3 is 2.44 bits per heavy atom. The van der Waals surface area contributed by atoms with Crippen molar-refractivity contribution >= 4 is 67.1 Å². The van der Waals surface area contributed by atoms with Crippen molar-refractivity contribution in [1.82, 2.24) is 0 Å². The van der Waals surface area contributed by atoms with Gasteiger partial charge in [-0.2, -0.15) is 13.5 Å². The topological polar surface area (TPSA) is 140 Å². The summed E-state index contributed by atoms with van der Waals surface area (Å²) in [7, 11) is -4.71. The number of fused-ring (bicyclic) bond motifs is 1. The van der Waals surface area contributed by atoms with Crippen LogP contribution in [0.15, 0.2) is 75.8 Å². The number of hydrogen-bond donors (Lipinski definition) is 2. The van der Waals surface area contributed by atoms with E-state index in [4.69, 9.17) is 27.9 Å². The fourth-order valence-corrected chi connectivity index (χ4v) is 5.03. The molecule has 0 radical (unpaired) electrons. The molecule has 0 aliphatic heterocycles. The Morgan fingerprint density at radius 2 is 1.74 bits per heavy atom. The predicted octanol–water partition coefficient (Wildman–Crippen LogP) is 3.85. The number of carbonyl (C=O) groups excluding carboxylic acids is 1. The number of anilines is 1. The van der Waals surface area contributed by atoms with Crippen LogP contribution in [0.3, 0.4) is 0 Å². The van der Waals surface area contributed by atoms with Crippen molar-refractivity contribution in [2.75, 3.05) is 11.9 Å². The van der Waals surface area contributed by atoms with E-state index < -0.39 is 26.7 Å². The molecule has 0 aliphatic carbocycles. The molecular formula is C26H20Cl2N3NaO6S. The van der Waals surface area contributed by atoms with Crippen LogP contribution in [0.2, 0.25) is 10.0 Å². The molecule has 0 saturated heterocycles. The van der Waals surface area contributed by atoms with Crippen LogP contribution in [-0.2, 0) is 10.1 Å². The molecule has 39 heavy (non-hydrogen) atoms. The smallest absolute Gasteiger partial charge is 0.870 e. The summed E-state index contributed by atoms with van der Waals surface area (Å²) in [6, 6.07) is 15.5. The summed E-state index contributed by atoms with van der Waals surface area (Å²) in [5.74, 6) is -1.01. The van der Waals surface area contributed by atoms with Crippen molar-refractivity contribution in [2.45, 2.75) is 18.7 Å². The first-order valence-electron chi connectivity index (χ1n) is 11.2. The molecule has 9 nitrogen and oxygen atoms in total. The van der Waals surface area contributed by atoms with E-state index >= 15 is 0 Å². The summed E-state index contributed by atoms with van der Waals surface area (Å²) >= 11 is 12.2. The van der Waals surface area contributed by atoms with Gasteiger partial charge in [0.15, 0.2) is 0 Å². The van der Waals surface area contributed by atoms with Crippen molar-refractivity contribution in [3.63, 3.8) is 0 Å². The summed E-state index contributed by atoms with van der Waals surface area (Å²) in [6.45, 7) is 3.62. The third-order valence-electron chi connectivity index (χ3n) is 5.55. The monoisotopic (exact) mass is 595 g/mol. The van der Waals surface area contributed by atoms with E-state index in [0.717, 1.165) is 0 Å². The van der Waals surface area contributed by atoms with Crippen LogP contribution in [0.4, 0.5) is 17.1 Å². The zero-order valence-corrected chi connectivity index (χ0v) is 25.4. The fourth-order valence-electron chi connectivity index (χ4n) is 3.79. The second-order valence-electron chi connectivity index (χ2n) is 8.05. The molecule has 1 amide bonds. The molecule has 0 aromatic heterocycles. The largest absolute Gasteiger partial charge is 1.00 e. The Kier molecular flexibility index (Phi) is 10.0. The summed E-state index contributed by atoms with van der Waals surface area (Å²) in [5, 5.41) is 25.3. The number of rotatable bonds is 7. The summed E-state index contributed by atoms with van der Waals surface area (Å²) in [5.41, 5.74) is -0.355. The van der Waals surface area contributed by atoms with E-state index in [1.807, 2.05) is 6.92 Å². The van der Waals surface area contributed by atoms with Crippen LogP contribution in [0.5, 0.6) is 11.5 Å². The minimum absolute atomic E-state index is 0. The Labute approximate surface area is 256 Å². The normalized spacial score (nSPS) is 11.4. The van der Waals surface area contributed by atoms with Crippen LogP contribution in [0.1, 0.15) is 22.8 Å². The van der Waals surface area contributed by atoms with Gasteiger partial charge in [-0.25, -0.2) is 0 Å². The van der Waals surface area contributed by atoms with Gasteiger partial charge < -0.3 is 15.2 Å². The van der Waals surface area contributed by atoms with Crippen LogP contribution in [0.25, 0.3) is 10.8 Å². The quantitative estimate of drug-likeness (QED) is 0.189. The number of hydrogen-bond acceptors (Lipinski definition) is 7. The molecule has 0 aliphatic rings. The van der Waals surface area contributed by atoms with Crippen molar-refractivity contribution in [3.8, 4) is 11.5 Å². The van der Waals surface area contributed by atoms with Gasteiger partial charge in [0.05, 0.1) is 23.0 Å². The molecule has 0 bridgehead atoms. The zero-order chi connectivity index (χ0) is 27.6. The molecule has 4 aromatic rings. The zero-order valence-electron chi connectivity index (χ0n) is 21.0. The van der Waals surface area contributed by atoms with Crippen molar-refractivity contribution in [1.29, 1.82) is 0 Å². The Hall–Kier alpha value is -2.70. The van der Waals surface area contributed by atoms with Gasteiger partial charge in [-0.1, -0.05) is 53.2 Å². The van der Waals surface area contributed by atoms with Gasteiger partial charge in [0.1, 0.15) is 16.3 Å². The number of azo groups is 1. The first-order valence-corrected chi connectivity index (χ1v) is 13.4. The molecule has 0 saturated carbocycles. The van der Waals surface area contributed by atoms with E-state index in [1.54, 1.807) is 36.4 Å². The molecule has 0 atom stereocenters. The van der Waals surface area contributed by atoms with Crippen molar-refractivity contribution in [2.24, 2.45) is 10.2 Å². The number of ether oxygens (including phenoxy) is 1. The Morgan fingerprint density at radius 1 is 1.05 bits per heavy atom. The van der Waals surface area contributed by atoms with E-state index in [-0.39, 0.29) is 67.8 Å². The number of nitrogens with one attached hydrogen (secondary N) is 1. The molecule has 196 valence electrons. The number of carbonyl (C=O) groups is 1. The third kappa shape index (κ3) is 6.72. The van der Waals surface area contributed by atoms with Gasteiger partial charge in [-0.05, 0) is 55.1 Å². The van der Waals surface area contributed by atoms with E-state index in [0.29, 0.717) is 23.1 Å². The van der Waals surface area contributed by atoms with Crippen LogP contribution in [0, 0.1) is 6.92 Å². The van der Waals surface area contributed by atoms with Gasteiger partial charge in [0, 0.05) is 22.0 Å². The third-order valence-corrected chi connectivity index (χ3v) is 7.32.